The summed E-state index contributed by atoms with van der Waals surface area (Å²) in [6.07, 6.45) is 2.59. The van der Waals surface area contributed by atoms with E-state index in [1.807, 2.05) is 19.1 Å². The highest BCUT2D eigenvalue weighted by Crippen LogP contribution is 2.36. The molecule has 1 atom stereocenters. The lowest BCUT2D eigenvalue weighted by molar-refractivity contribution is 0.0946. The number of nitrogens with one attached hydrogen (secondary N) is 1. The van der Waals surface area contributed by atoms with Crippen LogP contribution in [0.25, 0.3) is 0 Å². The number of aliphatic hydroxyl groups is 1. The summed E-state index contributed by atoms with van der Waals surface area (Å²) in [5.74, 6) is 6.78. The Kier molecular flexibility index (Phi) is 4.81. The number of hydrogen-bond donors (Lipinski definition) is 2. The fraction of sp³-hybridized carbons (Fsp3) is 0.471. The van der Waals surface area contributed by atoms with Crippen LogP contribution in [-0.4, -0.2) is 24.2 Å². The van der Waals surface area contributed by atoms with Crippen LogP contribution in [0.1, 0.15) is 41.3 Å². The van der Waals surface area contributed by atoms with Gasteiger partial charge in [0.05, 0.1) is 0 Å². The molecule has 0 saturated heterocycles. The Labute approximate surface area is 120 Å². The molecular formula is C17H21NO2. The lowest BCUT2D eigenvalue weighted by Crippen LogP contribution is -2.29. The number of rotatable bonds is 4. The molecule has 106 valence electrons. The Hall–Kier alpha value is -1.79. The monoisotopic (exact) mass is 271 g/mol. The third kappa shape index (κ3) is 3.85. The molecule has 20 heavy (non-hydrogen) atoms. The molecule has 0 radical (unpaired) electrons. The molecule has 2 rings (SSSR count). The first-order valence-electron chi connectivity index (χ1n) is 7.10. The van der Waals surface area contributed by atoms with Crippen LogP contribution in [0.15, 0.2) is 18.2 Å². The maximum atomic E-state index is 12.1. The zero-order valence-corrected chi connectivity index (χ0v) is 12.1. The average Bonchev–Trinajstić information content (AvgIpc) is 3.28. The largest absolute Gasteiger partial charge is 0.384 e. The molecule has 1 aromatic rings. The van der Waals surface area contributed by atoms with Crippen molar-refractivity contribution in [3.63, 3.8) is 0 Å². The Balaban J connectivity index is 2.01. The van der Waals surface area contributed by atoms with Gasteiger partial charge in [-0.1, -0.05) is 24.8 Å². The summed E-state index contributed by atoms with van der Waals surface area (Å²) in [4.78, 5) is 12.1. The van der Waals surface area contributed by atoms with E-state index in [4.69, 9.17) is 5.11 Å². The van der Waals surface area contributed by atoms with Crippen molar-refractivity contribution in [3.8, 4) is 11.8 Å². The second kappa shape index (κ2) is 6.58. The van der Waals surface area contributed by atoms with Gasteiger partial charge in [-0.3, -0.25) is 4.79 Å². The summed E-state index contributed by atoms with van der Waals surface area (Å²) in [5.41, 5.74) is 2.43. The van der Waals surface area contributed by atoms with Gasteiger partial charge in [-0.15, -0.1) is 0 Å². The standard InChI is InChI=1S/C17H21NO2/c1-12-5-6-16(10-15(12)4-3-9-19)17(20)18-11-13(2)14-7-8-14/h5-6,10,13-14,19H,7-9,11H2,1-2H3,(H,18,20). The molecule has 1 amide bonds. The quantitative estimate of drug-likeness (QED) is 0.824. The van der Waals surface area contributed by atoms with E-state index >= 15 is 0 Å². The fourth-order valence-corrected chi connectivity index (χ4v) is 2.22. The number of carbonyl (C=O) groups is 1. The van der Waals surface area contributed by atoms with E-state index in [2.05, 4.69) is 24.1 Å². The third-order valence-electron chi connectivity index (χ3n) is 3.81. The fourth-order valence-electron chi connectivity index (χ4n) is 2.22. The summed E-state index contributed by atoms with van der Waals surface area (Å²) < 4.78 is 0. The minimum Gasteiger partial charge on any atom is -0.384 e. The van der Waals surface area contributed by atoms with E-state index in [1.165, 1.54) is 12.8 Å². The van der Waals surface area contributed by atoms with Crippen LogP contribution in [0.3, 0.4) is 0 Å². The summed E-state index contributed by atoms with van der Waals surface area (Å²) >= 11 is 0. The molecule has 0 heterocycles. The van der Waals surface area contributed by atoms with Crippen molar-refractivity contribution in [2.24, 2.45) is 11.8 Å². The normalized spacial score (nSPS) is 15.2. The maximum Gasteiger partial charge on any atom is 0.251 e. The van der Waals surface area contributed by atoms with Crippen molar-refractivity contribution in [2.45, 2.75) is 26.7 Å². The lowest BCUT2D eigenvalue weighted by Gasteiger charge is -2.12. The third-order valence-corrected chi connectivity index (χ3v) is 3.81. The van der Waals surface area contributed by atoms with Gasteiger partial charge >= 0.3 is 0 Å². The number of carbonyl (C=O) groups excluding carboxylic acids is 1. The van der Waals surface area contributed by atoms with Crippen molar-refractivity contribution in [1.29, 1.82) is 0 Å². The van der Waals surface area contributed by atoms with E-state index in [9.17, 15) is 4.79 Å². The van der Waals surface area contributed by atoms with E-state index in [1.54, 1.807) is 6.07 Å². The molecule has 3 nitrogen and oxygen atoms in total. The summed E-state index contributed by atoms with van der Waals surface area (Å²) in [6, 6.07) is 5.49. The van der Waals surface area contributed by atoms with Gasteiger partial charge in [-0.05, 0) is 49.3 Å². The van der Waals surface area contributed by atoms with Crippen LogP contribution >= 0.6 is 0 Å². The Bertz CT molecular complexity index is 550. The van der Waals surface area contributed by atoms with Crippen molar-refractivity contribution < 1.29 is 9.90 Å². The van der Waals surface area contributed by atoms with Crippen LogP contribution < -0.4 is 5.32 Å². The van der Waals surface area contributed by atoms with Gasteiger partial charge in [-0.25, -0.2) is 0 Å². The van der Waals surface area contributed by atoms with Crippen LogP contribution in [0, 0.1) is 30.6 Å². The van der Waals surface area contributed by atoms with E-state index in [-0.39, 0.29) is 12.5 Å². The Morgan fingerprint density at radius 3 is 2.90 bits per heavy atom. The molecule has 0 aromatic heterocycles. The lowest BCUT2D eigenvalue weighted by atomic mass is 10.0. The van der Waals surface area contributed by atoms with Gasteiger partial charge in [-0.2, -0.15) is 0 Å². The molecule has 0 aliphatic heterocycles. The summed E-state index contributed by atoms with van der Waals surface area (Å²) in [6.45, 7) is 4.69. The van der Waals surface area contributed by atoms with Crippen molar-refractivity contribution >= 4 is 5.91 Å². The smallest absolute Gasteiger partial charge is 0.251 e. The van der Waals surface area contributed by atoms with Gasteiger partial charge in [0.15, 0.2) is 0 Å². The molecule has 1 aliphatic rings. The van der Waals surface area contributed by atoms with Crippen molar-refractivity contribution in [2.75, 3.05) is 13.2 Å². The van der Waals surface area contributed by atoms with Crippen LogP contribution in [0.2, 0.25) is 0 Å². The molecular weight excluding hydrogens is 250 g/mol. The SMILES string of the molecule is Cc1ccc(C(=O)NCC(C)C2CC2)cc1C#CCO. The van der Waals surface area contributed by atoms with Gasteiger partial charge in [0, 0.05) is 17.7 Å². The molecule has 1 fully saturated rings. The highest BCUT2D eigenvalue weighted by molar-refractivity contribution is 5.94. The predicted molar refractivity (Wildman–Crippen MR) is 79.4 cm³/mol. The highest BCUT2D eigenvalue weighted by Gasteiger charge is 2.27. The number of hydrogen-bond acceptors (Lipinski definition) is 2. The molecule has 3 heteroatoms. The van der Waals surface area contributed by atoms with E-state index < -0.39 is 0 Å². The minimum absolute atomic E-state index is 0.0513. The zero-order valence-electron chi connectivity index (χ0n) is 12.1. The Morgan fingerprint density at radius 2 is 2.25 bits per heavy atom. The topological polar surface area (TPSA) is 49.3 Å². The van der Waals surface area contributed by atoms with Gasteiger partial charge in [0.25, 0.3) is 5.91 Å². The van der Waals surface area contributed by atoms with E-state index in [0.717, 1.165) is 23.6 Å². The molecule has 1 saturated carbocycles. The van der Waals surface area contributed by atoms with Crippen molar-refractivity contribution in [1.82, 2.24) is 5.32 Å². The first kappa shape index (κ1) is 14.6. The highest BCUT2D eigenvalue weighted by atomic mass is 16.2. The second-order valence-corrected chi connectivity index (χ2v) is 5.51. The number of aryl methyl sites for hydroxylation is 1. The van der Waals surface area contributed by atoms with Crippen molar-refractivity contribution in [3.05, 3.63) is 34.9 Å². The summed E-state index contributed by atoms with van der Waals surface area (Å²) in [7, 11) is 0. The van der Waals surface area contributed by atoms with Gasteiger partial charge in [0.1, 0.15) is 6.61 Å². The minimum atomic E-state index is -0.172. The number of benzene rings is 1. The zero-order chi connectivity index (χ0) is 14.5. The predicted octanol–water partition coefficient (Wildman–Crippen LogP) is 2.11. The molecule has 1 aliphatic carbocycles. The molecule has 2 N–H and O–H groups in total. The van der Waals surface area contributed by atoms with Gasteiger partial charge in [0.2, 0.25) is 0 Å². The average molecular weight is 271 g/mol. The maximum absolute atomic E-state index is 12.1. The molecule has 1 aromatic carbocycles. The van der Waals surface area contributed by atoms with Gasteiger partial charge < -0.3 is 10.4 Å². The van der Waals surface area contributed by atoms with Crippen LogP contribution in [-0.2, 0) is 0 Å². The first-order valence-corrected chi connectivity index (χ1v) is 7.10. The molecule has 0 spiro atoms. The Morgan fingerprint density at radius 1 is 1.50 bits per heavy atom. The van der Waals surface area contributed by atoms with Crippen LogP contribution in [0.4, 0.5) is 0 Å². The molecule has 1 unspecified atom stereocenters. The number of aliphatic hydroxyl groups excluding tert-OH is 1. The first-order chi connectivity index (χ1) is 9.61. The van der Waals surface area contributed by atoms with Crippen LogP contribution in [0.5, 0.6) is 0 Å². The second-order valence-electron chi connectivity index (χ2n) is 5.51. The number of amides is 1. The summed E-state index contributed by atoms with van der Waals surface area (Å²) in [5, 5.41) is 11.7. The van der Waals surface area contributed by atoms with E-state index in [0.29, 0.717) is 11.5 Å². The molecule has 0 bridgehead atoms.